The third-order valence-electron chi connectivity index (χ3n) is 1.96. The van der Waals surface area contributed by atoms with E-state index in [0.29, 0.717) is 17.9 Å². The molecule has 0 bridgehead atoms. The standard InChI is InChI=1S/C12H21NO4/c1-8(2)5-10(14)7-17-11(15)6-13-12(16)9(3)4/h8,10,14H,3,5-7H2,1-2,4H3,(H,13,16). The monoisotopic (exact) mass is 243 g/mol. The summed E-state index contributed by atoms with van der Waals surface area (Å²) in [5.41, 5.74) is 0.331. The van der Waals surface area contributed by atoms with Gasteiger partial charge < -0.3 is 15.2 Å². The van der Waals surface area contributed by atoms with Crippen LogP contribution in [0.5, 0.6) is 0 Å². The van der Waals surface area contributed by atoms with Crippen LogP contribution in [0.2, 0.25) is 0 Å². The summed E-state index contributed by atoms with van der Waals surface area (Å²) >= 11 is 0. The van der Waals surface area contributed by atoms with Gasteiger partial charge in [0, 0.05) is 5.57 Å². The predicted molar refractivity (Wildman–Crippen MR) is 64.2 cm³/mol. The third kappa shape index (κ3) is 8.45. The summed E-state index contributed by atoms with van der Waals surface area (Å²) in [5, 5.41) is 11.8. The molecular formula is C12H21NO4. The lowest BCUT2D eigenvalue weighted by Crippen LogP contribution is -2.32. The van der Waals surface area contributed by atoms with E-state index >= 15 is 0 Å². The molecule has 0 aliphatic heterocycles. The molecule has 17 heavy (non-hydrogen) atoms. The largest absolute Gasteiger partial charge is 0.462 e. The van der Waals surface area contributed by atoms with Gasteiger partial charge in [0.15, 0.2) is 0 Å². The highest BCUT2D eigenvalue weighted by Crippen LogP contribution is 2.04. The highest BCUT2D eigenvalue weighted by atomic mass is 16.5. The Hall–Kier alpha value is -1.36. The number of hydrogen-bond acceptors (Lipinski definition) is 4. The van der Waals surface area contributed by atoms with E-state index in [9.17, 15) is 14.7 Å². The van der Waals surface area contributed by atoms with Gasteiger partial charge in [-0.25, -0.2) is 0 Å². The Bertz CT molecular complexity index is 286. The summed E-state index contributed by atoms with van der Waals surface area (Å²) in [5.74, 6) is -0.612. The second-order valence-electron chi connectivity index (χ2n) is 4.43. The molecule has 5 nitrogen and oxygen atoms in total. The second-order valence-corrected chi connectivity index (χ2v) is 4.43. The predicted octanol–water partition coefficient (Wildman–Crippen LogP) is 0.629. The van der Waals surface area contributed by atoms with Crippen LogP contribution >= 0.6 is 0 Å². The van der Waals surface area contributed by atoms with Crippen molar-refractivity contribution in [1.82, 2.24) is 5.32 Å². The van der Waals surface area contributed by atoms with E-state index in [-0.39, 0.29) is 19.1 Å². The van der Waals surface area contributed by atoms with E-state index < -0.39 is 12.1 Å². The van der Waals surface area contributed by atoms with Gasteiger partial charge in [-0.2, -0.15) is 0 Å². The fourth-order valence-corrected chi connectivity index (χ4v) is 1.16. The van der Waals surface area contributed by atoms with Crippen molar-refractivity contribution in [2.75, 3.05) is 13.2 Å². The molecule has 0 spiro atoms. The van der Waals surface area contributed by atoms with Gasteiger partial charge >= 0.3 is 5.97 Å². The van der Waals surface area contributed by atoms with Crippen LogP contribution in [0.1, 0.15) is 27.2 Å². The zero-order valence-corrected chi connectivity index (χ0v) is 10.7. The summed E-state index contributed by atoms with van der Waals surface area (Å²) in [6.07, 6.45) is -0.0819. The van der Waals surface area contributed by atoms with Gasteiger partial charge in [-0.1, -0.05) is 20.4 Å². The summed E-state index contributed by atoms with van der Waals surface area (Å²) < 4.78 is 4.80. The van der Waals surface area contributed by atoms with E-state index in [2.05, 4.69) is 11.9 Å². The molecule has 0 aliphatic rings. The van der Waals surface area contributed by atoms with Gasteiger partial charge in [-0.05, 0) is 19.3 Å². The number of amides is 1. The molecule has 1 amide bonds. The van der Waals surface area contributed by atoms with Crippen molar-refractivity contribution < 1.29 is 19.4 Å². The minimum Gasteiger partial charge on any atom is -0.462 e. The van der Waals surface area contributed by atoms with Crippen LogP contribution in [0.25, 0.3) is 0 Å². The number of rotatable bonds is 7. The fourth-order valence-electron chi connectivity index (χ4n) is 1.16. The van der Waals surface area contributed by atoms with E-state index in [4.69, 9.17) is 4.74 Å². The maximum absolute atomic E-state index is 11.2. The molecule has 0 saturated heterocycles. The molecule has 0 aromatic heterocycles. The lowest BCUT2D eigenvalue weighted by atomic mass is 10.1. The molecule has 0 fully saturated rings. The molecule has 0 radical (unpaired) electrons. The van der Waals surface area contributed by atoms with E-state index in [1.807, 2.05) is 13.8 Å². The maximum Gasteiger partial charge on any atom is 0.325 e. The lowest BCUT2D eigenvalue weighted by molar-refractivity contribution is -0.146. The van der Waals surface area contributed by atoms with Crippen LogP contribution in [0.15, 0.2) is 12.2 Å². The number of carbonyl (C=O) groups excluding carboxylic acids is 2. The normalized spacial score (nSPS) is 12.1. The van der Waals surface area contributed by atoms with E-state index in [1.165, 1.54) is 0 Å². The Morgan fingerprint density at radius 2 is 2.00 bits per heavy atom. The number of hydrogen-bond donors (Lipinski definition) is 2. The van der Waals surface area contributed by atoms with Crippen LogP contribution in [0, 0.1) is 5.92 Å². The van der Waals surface area contributed by atoms with Gasteiger partial charge in [0.2, 0.25) is 5.91 Å². The number of aliphatic hydroxyl groups is 1. The summed E-state index contributed by atoms with van der Waals surface area (Å²) in [7, 11) is 0. The van der Waals surface area contributed by atoms with Crippen molar-refractivity contribution in [2.45, 2.75) is 33.3 Å². The Morgan fingerprint density at radius 1 is 1.41 bits per heavy atom. The Kier molecular flexibility index (Phi) is 7.21. The average Bonchev–Trinajstić information content (AvgIpc) is 2.21. The topological polar surface area (TPSA) is 75.6 Å². The van der Waals surface area contributed by atoms with Crippen molar-refractivity contribution in [3.8, 4) is 0 Å². The molecule has 2 N–H and O–H groups in total. The SMILES string of the molecule is C=C(C)C(=O)NCC(=O)OCC(O)CC(C)C. The van der Waals surface area contributed by atoms with Crippen molar-refractivity contribution in [2.24, 2.45) is 5.92 Å². The van der Waals surface area contributed by atoms with Crippen molar-refractivity contribution in [1.29, 1.82) is 0 Å². The first kappa shape index (κ1) is 15.6. The minimum absolute atomic E-state index is 0.0417. The van der Waals surface area contributed by atoms with Crippen LogP contribution in [0.4, 0.5) is 0 Å². The summed E-state index contributed by atoms with van der Waals surface area (Å²) in [6.45, 7) is 8.68. The highest BCUT2D eigenvalue weighted by molar-refractivity contribution is 5.94. The fraction of sp³-hybridized carbons (Fsp3) is 0.667. The molecule has 0 aliphatic carbocycles. The highest BCUT2D eigenvalue weighted by Gasteiger charge is 2.11. The van der Waals surface area contributed by atoms with Gasteiger partial charge in [0.25, 0.3) is 0 Å². The number of nitrogens with one attached hydrogen (secondary N) is 1. The quantitative estimate of drug-likeness (QED) is 0.508. The summed E-state index contributed by atoms with van der Waals surface area (Å²) in [4.78, 5) is 22.2. The van der Waals surface area contributed by atoms with Crippen LogP contribution < -0.4 is 5.32 Å². The van der Waals surface area contributed by atoms with Gasteiger partial charge in [0.1, 0.15) is 13.2 Å². The molecule has 1 unspecified atom stereocenters. The molecular weight excluding hydrogens is 222 g/mol. The Labute approximate surface area is 102 Å². The molecule has 0 rings (SSSR count). The number of esters is 1. The smallest absolute Gasteiger partial charge is 0.325 e. The zero-order chi connectivity index (χ0) is 13.4. The Balaban J connectivity index is 3.73. The van der Waals surface area contributed by atoms with E-state index in [1.54, 1.807) is 6.92 Å². The van der Waals surface area contributed by atoms with Crippen LogP contribution in [-0.2, 0) is 14.3 Å². The maximum atomic E-state index is 11.2. The molecule has 0 aromatic rings. The van der Waals surface area contributed by atoms with Gasteiger partial charge in [-0.3, -0.25) is 9.59 Å². The van der Waals surface area contributed by atoms with Crippen molar-refractivity contribution in [3.63, 3.8) is 0 Å². The minimum atomic E-state index is -0.657. The first-order chi connectivity index (χ1) is 7.82. The number of ether oxygens (including phenoxy) is 1. The number of aliphatic hydroxyl groups excluding tert-OH is 1. The van der Waals surface area contributed by atoms with Crippen molar-refractivity contribution >= 4 is 11.9 Å². The molecule has 5 heteroatoms. The van der Waals surface area contributed by atoms with Crippen LogP contribution in [-0.4, -0.2) is 36.2 Å². The lowest BCUT2D eigenvalue weighted by Gasteiger charge is -2.13. The summed E-state index contributed by atoms with van der Waals surface area (Å²) in [6, 6.07) is 0. The molecule has 0 heterocycles. The van der Waals surface area contributed by atoms with Gasteiger partial charge in [0.05, 0.1) is 6.10 Å². The molecule has 0 aromatic carbocycles. The van der Waals surface area contributed by atoms with E-state index in [0.717, 1.165) is 0 Å². The Morgan fingerprint density at radius 3 is 2.47 bits per heavy atom. The van der Waals surface area contributed by atoms with Crippen molar-refractivity contribution in [3.05, 3.63) is 12.2 Å². The first-order valence-electron chi connectivity index (χ1n) is 5.60. The second kappa shape index (κ2) is 7.84. The molecule has 1 atom stereocenters. The first-order valence-corrected chi connectivity index (χ1v) is 5.60. The van der Waals surface area contributed by atoms with Gasteiger partial charge in [-0.15, -0.1) is 0 Å². The molecule has 0 saturated carbocycles. The third-order valence-corrected chi connectivity index (χ3v) is 1.96. The zero-order valence-electron chi connectivity index (χ0n) is 10.7. The average molecular weight is 243 g/mol. The number of carbonyl (C=O) groups is 2. The molecule has 98 valence electrons. The van der Waals surface area contributed by atoms with Crippen LogP contribution in [0.3, 0.4) is 0 Å².